The van der Waals surface area contributed by atoms with Crippen LogP contribution in [-0.2, 0) is 13.8 Å². The zero-order valence-electron chi connectivity index (χ0n) is 12.1. The maximum Gasteiger partial charge on any atom is 0.167 e. The van der Waals surface area contributed by atoms with E-state index in [1.54, 1.807) is 20.5 Å². The molecule has 0 spiro atoms. The van der Waals surface area contributed by atoms with Crippen LogP contribution in [0.5, 0.6) is 0 Å². The Morgan fingerprint density at radius 3 is 3.06 bits per heavy atom. The fraction of sp³-hybridized carbons (Fsp3) is 0.917. The van der Waals surface area contributed by atoms with Gasteiger partial charge in [0.15, 0.2) is 8.38 Å². The number of ether oxygens (including phenoxy) is 1. The highest BCUT2D eigenvalue weighted by Gasteiger charge is 2.46. The molecule has 1 unspecified atom stereocenters. The molecule has 5 atom stereocenters. The third kappa shape index (κ3) is 4.13. The first kappa shape index (κ1) is 14.1. The van der Waals surface area contributed by atoms with E-state index in [0.717, 1.165) is 0 Å². The molecule has 1 rings (SSSR count). The van der Waals surface area contributed by atoms with Gasteiger partial charge in [-0.25, -0.2) is 4.39 Å². The van der Waals surface area contributed by atoms with Crippen molar-refractivity contribution in [3.8, 4) is 6.07 Å². The normalized spacial score (nSPS) is 38.8. The largest absolute Gasteiger partial charge is 0.372 e. The summed E-state index contributed by atoms with van der Waals surface area (Å²) in [5.74, 6) is -0.257. The Kier molecular flexibility index (Phi) is 5.32. The van der Waals surface area contributed by atoms with Crippen molar-refractivity contribution in [1.29, 1.82) is 5.26 Å². The molecule has 1 fully saturated rings. The summed E-state index contributed by atoms with van der Waals surface area (Å²) in [5.41, 5.74) is -0.943. The van der Waals surface area contributed by atoms with Gasteiger partial charge in [-0.05, 0) is 13.8 Å². The van der Waals surface area contributed by atoms with E-state index in [1.807, 2.05) is 6.07 Å². The summed E-state index contributed by atoms with van der Waals surface area (Å²) in [4.78, 5) is 0. The quantitative estimate of drug-likeness (QED) is 0.573. The van der Waals surface area contributed by atoms with E-state index < -0.39 is 26.3 Å². The van der Waals surface area contributed by atoms with Crippen LogP contribution in [-0.4, -0.2) is 37.8 Å². The second-order valence-electron chi connectivity index (χ2n) is 4.75. The Labute approximate surface area is 111 Å². The molecule has 0 aromatic heterocycles. The number of nitriles is 1. The van der Waals surface area contributed by atoms with E-state index in [2.05, 4.69) is 0 Å². The van der Waals surface area contributed by atoms with Gasteiger partial charge in [0, 0.05) is 14.0 Å². The summed E-state index contributed by atoms with van der Waals surface area (Å²) in [5, 5.41) is 8.43. The van der Waals surface area contributed by atoms with Gasteiger partial charge in [-0.3, -0.25) is 0 Å². The molecule has 1 aliphatic rings. The SMILES string of the molecule is [2H]C[C@@]1(C)OC[C@@H](C)[C@H](F)[C@@H]1OP(C)OCCC#N. The van der Waals surface area contributed by atoms with Gasteiger partial charge in [-0.2, -0.15) is 5.26 Å². The number of hydrogen-bond acceptors (Lipinski definition) is 4. The molecule has 0 N–H and O–H groups in total. The van der Waals surface area contributed by atoms with Gasteiger partial charge in [0.05, 0.1) is 31.3 Å². The Hall–Kier alpha value is -0.270. The maximum atomic E-state index is 14.3. The average molecular weight is 278 g/mol. The van der Waals surface area contributed by atoms with Gasteiger partial charge < -0.3 is 13.8 Å². The molecule has 0 aromatic rings. The molecule has 0 bridgehead atoms. The molecule has 18 heavy (non-hydrogen) atoms. The van der Waals surface area contributed by atoms with Gasteiger partial charge >= 0.3 is 0 Å². The van der Waals surface area contributed by atoms with E-state index in [-0.39, 0.29) is 25.8 Å². The average Bonchev–Trinajstić information content (AvgIpc) is 2.40. The standard InChI is InChI=1S/C12H21FNO3P/c1-9-8-15-12(2,3)11(10(9)13)17-18(4)16-7-5-6-14/h9-11H,5,7-8H2,1-4H3/t9-,10+,11+,18?/m1/s1/i2D/t9-,10+,11+,12+,18?. The van der Waals surface area contributed by atoms with Crippen molar-refractivity contribution in [3.05, 3.63) is 0 Å². The van der Waals surface area contributed by atoms with Crippen LogP contribution in [0.3, 0.4) is 0 Å². The van der Waals surface area contributed by atoms with E-state index in [4.69, 9.17) is 20.4 Å². The Balaban J connectivity index is 2.62. The van der Waals surface area contributed by atoms with E-state index in [0.29, 0.717) is 6.61 Å². The molecule has 0 saturated carbocycles. The summed E-state index contributed by atoms with van der Waals surface area (Å²) in [6.07, 6.45) is -1.69. The van der Waals surface area contributed by atoms with Gasteiger partial charge in [0.25, 0.3) is 0 Å². The Morgan fingerprint density at radius 2 is 2.44 bits per heavy atom. The van der Waals surface area contributed by atoms with Crippen LogP contribution in [0.1, 0.15) is 28.5 Å². The summed E-state index contributed by atoms with van der Waals surface area (Å²) in [6, 6.07) is 1.97. The topological polar surface area (TPSA) is 51.5 Å². The first-order chi connectivity index (χ1) is 8.94. The lowest BCUT2D eigenvalue weighted by atomic mass is 9.88. The third-order valence-electron chi connectivity index (χ3n) is 2.86. The highest BCUT2D eigenvalue weighted by atomic mass is 31.2. The number of alkyl halides is 1. The van der Waals surface area contributed by atoms with Crippen molar-refractivity contribution < 1.29 is 19.5 Å². The number of nitrogens with zero attached hydrogens (tertiary/aromatic N) is 1. The second kappa shape index (κ2) is 6.77. The van der Waals surface area contributed by atoms with Gasteiger partial charge in [0.2, 0.25) is 0 Å². The molecule has 1 heterocycles. The summed E-state index contributed by atoms with van der Waals surface area (Å²) in [7, 11) is -1.28. The number of halogens is 1. The van der Waals surface area contributed by atoms with Crippen LogP contribution in [0.15, 0.2) is 0 Å². The molecule has 6 heteroatoms. The van der Waals surface area contributed by atoms with Crippen molar-refractivity contribution in [3.63, 3.8) is 0 Å². The van der Waals surface area contributed by atoms with Crippen LogP contribution < -0.4 is 0 Å². The molecule has 4 nitrogen and oxygen atoms in total. The van der Waals surface area contributed by atoms with Crippen LogP contribution >= 0.6 is 8.38 Å². The fourth-order valence-corrected chi connectivity index (χ4v) is 2.78. The summed E-state index contributed by atoms with van der Waals surface area (Å²) < 4.78 is 38.4. The lowest BCUT2D eigenvalue weighted by Crippen LogP contribution is -2.54. The molecular weight excluding hydrogens is 256 g/mol. The minimum Gasteiger partial charge on any atom is -0.372 e. The van der Waals surface area contributed by atoms with Crippen LogP contribution in [0, 0.1) is 17.2 Å². The number of hydrogen-bond donors (Lipinski definition) is 0. The predicted octanol–water partition coefficient (Wildman–Crippen LogP) is 3.03. The fourth-order valence-electron chi connectivity index (χ4n) is 1.71. The van der Waals surface area contributed by atoms with E-state index in [9.17, 15) is 4.39 Å². The maximum absolute atomic E-state index is 14.3. The smallest absolute Gasteiger partial charge is 0.167 e. The molecule has 0 aliphatic carbocycles. The lowest BCUT2D eigenvalue weighted by molar-refractivity contribution is -0.173. The van der Waals surface area contributed by atoms with Crippen molar-refractivity contribution in [2.24, 2.45) is 5.92 Å². The van der Waals surface area contributed by atoms with Crippen molar-refractivity contribution in [2.45, 2.75) is 45.0 Å². The van der Waals surface area contributed by atoms with Crippen molar-refractivity contribution in [1.82, 2.24) is 0 Å². The molecule has 104 valence electrons. The molecule has 1 saturated heterocycles. The molecule has 0 radical (unpaired) electrons. The first-order valence-electron chi connectivity index (χ1n) is 6.63. The van der Waals surface area contributed by atoms with Crippen molar-refractivity contribution >= 4 is 8.38 Å². The zero-order chi connectivity index (χ0) is 14.5. The summed E-state index contributed by atoms with van der Waals surface area (Å²) >= 11 is 0. The Bertz CT molecular complexity index is 331. The van der Waals surface area contributed by atoms with Gasteiger partial charge in [-0.1, -0.05) is 6.92 Å². The zero-order valence-corrected chi connectivity index (χ0v) is 12.0. The molecule has 0 amide bonds. The van der Waals surface area contributed by atoms with E-state index in [1.165, 1.54) is 0 Å². The van der Waals surface area contributed by atoms with Gasteiger partial charge in [0.1, 0.15) is 12.3 Å². The van der Waals surface area contributed by atoms with Crippen LogP contribution in [0.4, 0.5) is 4.39 Å². The molecular formula is C12H21FNO3P. The van der Waals surface area contributed by atoms with E-state index >= 15 is 0 Å². The van der Waals surface area contributed by atoms with Gasteiger partial charge in [-0.15, -0.1) is 0 Å². The monoisotopic (exact) mass is 278 g/mol. The third-order valence-corrected chi connectivity index (χ3v) is 3.93. The number of rotatable bonds is 5. The molecule has 0 aromatic carbocycles. The summed E-state index contributed by atoms with van der Waals surface area (Å²) in [6.45, 7) is 5.69. The first-order valence-corrected chi connectivity index (χ1v) is 7.54. The predicted molar refractivity (Wildman–Crippen MR) is 68.0 cm³/mol. The highest BCUT2D eigenvalue weighted by molar-refractivity contribution is 7.46. The lowest BCUT2D eigenvalue weighted by Gasteiger charge is -2.43. The van der Waals surface area contributed by atoms with Crippen LogP contribution in [0.2, 0.25) is 0 Å². The Morgan fingerprint density at radius 1 is 1.72 bits per heavy atom. The second-order valence-corrected chi connectivity index (χ2v) is 6.10. The highest BCUT2D eigenvalue weighted by Crippen LogP contribution is 2.43. The van der Waals surface area contributed by atoms with Crippen LogP contribution in [0.25, 0.3) is 0 Å². The minimum atomic E-state index is -1.28. The minimum absolute atomic E-state index is 0.0633. The molecule has 1 aliphatic heterocycles. The van der Waals surface area contributed by atoms with Crippen molar-refractivity contribution in [2.75, 3.05) is 19.9 Å².